The van der Waals surface area contributed by atoms with Gasteiger partial charge in [-0.2, -0.15) is 0 Å². The molecule has 0 bridgehead atoms. The van der Waals surface area contributed by atoms with E-state index in [4.69, 9.17) is 32.7 Å². The summed E-state index contributed by atoms with van der Waals surface area (Å²) in [7, 11) is 0. The van der Waals surface area contributed by atoms with E-state index in [0.29, 0.717) is 11.3 Å². The van der Waals surface area contributed by atoms with Crippen LogP contribution in [0.3, 0.4) is 0 Å². The zero-order valence-electron chi connectivity index (χ0n) is 17.2. The minimum atomic E-state index is -4.85. The highest BCUT2D eigenvalue weighted by Gasteiger charge is 2.73. The predicted molar refractivity (Wildman–Crippen MR) is 117 cm³/mol. The summed E-state index contributed by atoms with van der Waals surface area (Å²) in [5.41, 5.74) is -0.736. The number of para-hydroxylation sites is 1. The molecule has 3 aromatic rings. The summed E-state index contributed by atoms with van der Waals surface area (Å²) in [6.45, 7) is -0.231. The first-order valence-corrected chi connectivity index (χ1v) is 10.7. The third kappa shape index (κ3) is 5.08. The van der Waals surface area contributed by atoms with Gasteiger partial charge in [0, 0.05) is 6.42 Å². The fraction of sp³-hybridized carbons (Fsp3) is 0.208. The lowest BCUT2D eigenvalue weighted by atomic mass is 9.96. The van der Waals surface area contributed by atoms with Crippen LogP contribution in [0.15, 0.2) is 72.8 Å². The Balaban J connectivity index is 1.48. The number of carbonyl (C=O) groups excluding carboxylic acids is 1. The molecule has 0 amide bonds. The Labute approximate surface area is 202 Å². The van der Waals surface area contributed by atoms with Crippen LogP contribution in [-0.4, -0.2) is 16.7 Å². The standard InChI is InChI=1S/C24H16Cl2F4O4/c25-23(26)14-22(23,16-7-9-18(10-8-16)34-24(28,29)30)21(31)32-13-15-6-11-19(27)20(12-15)33-17-4-2-1-3-5-17/h1-12H,13-14H2. The van der Waals surface area contributed by atoms with Gasteiger partial charge in [-0.25, -0.2) is 4.39 Å². The first kappa shape index (κ1) is 24.2. The molecule has 0 aromatic heterocycles. The summed E-state index contributed by atoms with van der Waals surface area (Å²) < 4.78 is 64.7. The minimum Gasteiger partial charge on any atom is -0.460 e. The number of esters is 1. The van der Waals surface area contributed by atoms with Crippen LogP contribution in [0.1, 0.15) is 17.5 Å². The van der Waals surface area contributed by atoms with Crippen LogP contribution in [0, 0.1) is 5.82 Å². The van der Waals surface area contributed by atoms with Crippen LogP contribution in [0.25, 0.3) is 0 Å². The van der Waals surface area contributed by atoms with Crippen molar-refractivity contribution in [2.24, 2.45) is 0 Å². The molecule has 0 radical (unpaired) electrons. The van der Waals surface area contributed by atoms with Gasteiger partial charge in [-0.1, -0.05) is 59.6 Å². The van der Waals surface area contributed by atoms with Crippen LogP contribution < -0.4 is 9.47 Å². The molecule has 34 heavy (non-hydrogen) atoms. The Kier molecular flexibility index (Phi) is 6.40. The van der Waals surface area contributed by atoms with Gasteiger partial charge in [0.05, 0.1) is 0 Å². The van der Waals surface area contributed by atoms with Crippen LogP contribution in [-0.2, 0) is 21.6 Å². The van der Waals surface area contributed by atoms with E-state index in [9.17, 15) is 22.4 Å². The van der Waals surface area contributed by atoms with Gasteiger partial charge < -0.3 is 14.2 Å². The molecule has 1 aliphatic carbocycles. The smallest absolute Gasteiger partial charge is 0.460 e. The van der Waals surface area contributed by atoms with Crippen molar-refractivity contribution in [2.45, 2.75) is 29.1 Å². The van der Waals surface area contributed by atoms with Crippen LogP contribution >= 0.6 is 23.2 Å². The summed E-state index contributed by atoms with van der Waals surface area (Å²) in [6, 6.07) is 17.3. The second-order valence-electron chi connectivity index (χ2n) is 7.61. The maximum absolute atomic E-state index is 14.2. The number of rotatable bonds is 7. The SMILES string of the molecule is O=C(OCc1ccc(F)c(Oc2ccccc2)c1)C1(c2ccc(OC(F)(F)F)cc2)CC1(Cl)Cl. The number of carbonyl (C=O) groups is 1. The van der Waals surface area contributed by atoms with E-state index in [1.165, 1.54) is 30.3 Å². The molecule has 178 valence electrons. The van der Waals surface area contributed by atoms with Gasteiger partial charge in [0.2, 0.25) is 0 Å². The average molecular weight is 515 g/mol. The quantitative estimate of drug-likeness (QED) is 0.192. The second-order valence-corrected chi connectivity index (χ2v) is 9.10. The van der Waals surface area contributed by atoms with Crippen molar-refractivity contribution >= 4 is 29.2 Å². The minimum absolute atomic E-state index is 0.00715. The Morgan fingerprint density at radius 1 is 0.941 bits per heavy atom. The molecule has 1 saturated carbocycles. The first-order valence-electron chi connectivity index (χ1n) is 9.93. The van der Waals surface area contributed by atoms with Crippen LogP contribution in [0.2, 0.25) is 0 Å². The fourth-order valence-corrected chi connectivity index (χ4v) is 4.26. The van der Waals surface area contributed by atoms with Gasteiger partial charge in [-0.15, -0.1) is 13.2 Å². The summed E-state index contributed by atoms with van der Waals surface area (Å²) in [5, 5.41) is 0. The molecular weight excluding hydrogens is 499 g/mol. The molecule has 1 unspecified atom stereocenters. The Bertz CT molecular complexity index is 1180. The zero-order valence-corrected chi connectivity index (χ0v) is 18.8. The van der Waals surface area contributed by atoms with Crippen molar-refractivity contribution in [2.75, 3.05) is 0 Å². The van der Waals surface area contributed by atoms with Gasteiger partial charge in [0.1, 0.15) is 27.9 Å². The van der Waals surface area contributed by atoms with Gasteiger partial charge >= 0.3 is 12.3 Å². The van der Waals surface area contributed by atoms with Gasteiger partial charge in [-0.05, 0) is 47.5 Å². The predicted octanol–water partition coefficient (Wildman–Crippen LogP) is 7.08. The molecule has 4 rings (SSSR count). The van der Waals surface area contributed by atoms with E-state index in [-0.39, 0.29) is 24.3 Å². The molecule has 4 nitrogen and oxygen atoms in total. The first-order chi connectivity index (χ1) is 16.0. The number of hydrogen-bond acceptors (Lipinski definition) is 4. The molecule has 1 atom stereocenters. The number of halogens is 6. The Morgan fingerprint density at radius 2 is 1.59 bits per heavy atom. The summed E-state index contributed by atoms with van der Waals surface area (Å²) in [5.74, 6) is -1.44. The molecule has 1 fully saturated rings. The lowest BCUT2D eigenvalue weighted by Gasteiger charge is -2.18. The van der Waals surface area contributed by atoms with E-state index in [1.807, 2.05) is 0 Å². The van der Waals surface area contributed by atoms with E-state index in [0.717, 1.165) is 12.1 Å². The number of hydrogen-bond donors (Lipinski definition) is 0. The molecule has 0 N–H and O–H groups in total. The summed E-state index contributed by atoms with van der Waals surface area (Å²) in [6.07, 6.45) is -4.84. The van der Waals surface area contributed by atoms with Crippen LogP contribution in [0.4, 0.5) is 17.6 Å². The lowest BCUT2D eigenvalue weighted by Crippen LogP contribution is -2.29. The fourth-order valence-electron chi connectivity index (χ4n) is 3.49. The van der Waals surface area contributed by atoms with Crippen molar-refractivity contribution in [3.8, 4) is 17.2 Å². The van der Waals surface area contributed by atoms with Crippen molar-refractivity contribution in [1.82, 2.24) is 0 Å². The second kappa shape index (κ2) is 9.00. The molecule has 0 heterocycles. The molecule has 10 heteroatoms. The highest BCUT2D eigenvalue weighted by Crippen LogP contribution is 2.65. The van der Waals surface area contributed by atoms with E-state index in [1.54, 1.807) is 30.3 Å². The van der Waals surface area contributed by atoms with Gasteiger partial charge in [-0.3, -0.25) is 4.79 Å². The number of ether oxygens (including phenoxy) is 3. The van der Waals surface area contributed by atoms with Gasteiger partial charge in [0.25, 0.3) is 0 Å². The van der Waals surface area contributed by atoms with Crippen LogP contribution in [0.5, 0.6) is 17.2 Å². The highest BCUT2D eigenvalue weighted by atomic mass is 35.5. The van der Waals surface area contributed by atoms with E-state index < -0.39 is 33.6 Å². The molecule has 0 spiro atoms. The van der Waals surface area contributed by atoms with Crippen molar-refractivity contribution in [1.29, 1.82) is 0 Å². The third-order valence-electron chi connectivity index (χ3n) is 5.25. The normalized spacial score (nSPS) is 18.8. The van der Waals surface area contributed by atoms with Crippen molar-refractivity contribution in [3.63, 3.8) is 0 Å². The average Bonchev–Trinajstić information content (AvgIpc) is 3.37. The number of benzene rings is 3. The number of alkyl halides is 5. The largest absolute Gasteiger partial charge is 0.573 e. The molecule has 3 aromatic carbocycles. The molecule has 0 aliphatic heterocycles. The summed E-state index contributed by atoms with van der Waals surface area (Å²) >= 11 is 12.5. The van der Waals surface area contributed by atoms with Gasteiger partial charge in [0.15, 0.2) is 11.6 Å². The lowest BCUT2D eigenvalue weighted by molar-refractivity contribution is -0.274. The van der Waals surface area contributed by atoms with Crippen molar-refractivity contribution < 1.29 is 36.6 Å². The maximum Gasteiger partial charge on any atom is 0.573 e. The summed E-state index contributed by atoms with van der Waals surface area (Å²) in [4.78, 5) is 13.0. The third-order valence-corrected chi connectivity index (χ3v) is 6.16. The zero-order chi connectivity index (χ0) is 24.6. The Hall–Kier alpha value is -2.97. The maximum atomic E-state index is 14.2. The Morgan fingerprint density at radius 3 is 2.18 bits per heavy atom. The molecule has 0 saturated heterocycles. The van der Waals surface area contributed by atoms with E-state index in [2.05, 4.69) is 4.74 Å². The van der Waals surface area contributed by atoms with E-state index >= 15 is 0 Å². The monoisotopic (exact) mass is 514 g/mol. The van der Waals surface area contributed by atoms with Crippen molar-refractivity contribution in [3.05, 3.63) is 89.7 Å². The molecular formula is C24H16Cl2F4O4. The highest BCUT2D eigenvalue weighted by molar-refractivity contribution is 6.54. The molecule has 1 aliphatic rings. The topological polar surface area (TPSA) is 44.8 Å².